The number of hydrogen-bond donors (Lipinski definition) is 8. The summed E-state index contributed by atoms with van der Waals surface area (Å²) < 4.78 is 27.9. The second-order valence-corrected chi connectivity index (χ2v) is 9.98. The van der Waals surface area contributed by atoms with Gasteiger partial charge in [-0.2, -0.15) is 0 Å². The van der Waals surface area contributed by atoms with Gasteiger partial charge in [0, 0.05) is 23.8 Å². The van der Waals surface area contributed by atoms with Gasteiger partial charge in [-0.1, -0.05) is 0 Å². The van der Waals surface area contributed by atoms with Crippen molar-refractivity contribution in [2.24, 2.45) is 0 Å². The first-order valence-corrected chi connectivity index (χ1v) is 12.7. The fourth-order valence-corrected chi connectivity index (χ4v) is 4.71. The van der Waals surface area contributed by atoms with E-state index in [2.05, 4.69) is 0 Å². The Morgan fingerprint density at radius 3 is 2.15 bits per heavy atom. The Balaban J connectivity index is 1.35. The molecule has 0 radical (unpaired) electrons. The maximum Gasteiger partial charge on any atom is 0.229 e. The minimum Gasteiger partial charge on any atom is -0.508 e. The van der Waals surface area contributed by atoms with Crippen LogP contribution >= 0.6 is 0 Å². The molecule has 0 saturated carbocycles. The summed E-state index contributed by atoms with van der Waals surface area (Å²) in [5, 5.41) is 81.2. The Bertz CT molecular complexity index is 1420. The highest BCUT2D eigenvalue weighted by atomic mass is 16.7. The van der Waals surface area contributed by atoms with Gasteiger partial charge in [0.05, 0.1) is 12.7 Å². The molecule has 41 heavy (non-hydrogen) atoms. The van der Waals surface area contributed by atoms with E-state index in [-0.39, 0.29) is 28.2 Å². The predicted molar refractivity (Wildman–Crippen MR) is 137 cm³/mol. The number of phenolic OH excluding ortho intramolecular Hbond substituents is 2. The fraction of sp³-hybridized carbons (Fsp3) is 0.444. The van der Waals surface area contributed by atoms with Crippen molar-refractivity contribution < 1.29 is 64.2 Å². The van der Waals surface area contributed by atoms with Crippen LogP contribution in [0.15, 0.2) is 51.7 Å². The quantitative estimate of drug-likeness (QED) is 0.174. The smallest absolute Gasteiger partial charge is 0.229 e. The van der Waals surface area contributed by atoms with E-state index in [0.29, 0.717) is 5.56 Å². The number of fused-ring (bicyclic) bond motifs is 1. The van der Waals surface area contributed by atoms with E-state index in [1.165, 1.54) is 43.3 Å². The van der Waals surface area contributed by atoms with Crippen molar-refractivity contribution in [3.05, 3.63) is 52.7 Å². The van der Waals surface area contributed by atoms with E-state index in [1.807, 2.05) is 0 Å². The van der Waals surface area contributed by atoms with Crippen LogP contribution in [0, 0.1) is 0 Å². The van der Waals surface area contributed by atoms with Gasteiger partial charge in [0.2, 0.25) is 6.29 Å². The number of ether oxygens (including phenoxy) is 4. The van der Waals surface area contributed by atoms with Crippen molar-refractivity contribution in [1.82, 2.24) is 0 Å². The van der Waals surface area contributed by atoms with E-state index >= 15 is 0 Å². The Labute approximate surface area is 231 Å². The van der Waals surface area contributed by atoms with Gasteiger partial charge in [-0.15, -0.1) is 0 Å². The summed E-state index contributed by atoms with van der Waals surface area (Å²) >= 11 is 0. The molecule has 0 amide bonds. The summed E-state index contributed by atoms with van der Waals surface area (Å²) in [6, 6.07) is 9.40. The van der Waals surface area contributed by atoms with Gasteiger partial charge >= 0.3 is 0 Å². The Morgan fingerprint density at radius 2 is 1.44 bits per heavy atom. The third kappa shape index (κ3) is 5.74. The van der Waals surface area contributed by atoms with Crippen LogP contribution in [0.3, 0.4) is 0 Å². The van der Waals surface area contributed by atoms with E-state index in [9.17, 15) is 45.6 Å². The molecule has 0 bridgehead atoms. The summed E-state index contributed by atoms with van der Waals surface area (Å²) in [4.78, 5) is 12.7. The van der Waals surface area contributed by atoms with Crippen LogP contribution in [0.5, 0.6) is 17.2 Å². The summed E-state index contributed by atoms with van der Waals surface area (Å²) in [6.45, 7) is 0.969. The lowest BCUT2D eigenvalue weighted by molar-refractivity contribution is -0.318. The van der Waals surface area contributed by atoms with Crippen LogP contribution in [0.25, 0.3) is 22.3 Å². The maximum atomic E-state index is 12.7. The third-order valence-corrected chi connectivity index (χ3v) is 7.09. The van der Waals surface area contributed by atoms with Gasteiger partial charge in [-0.05, 0) is 31.2 Å². The van der Waals surface area contributed by atoms with Gasteiger partial charge < -0.3 is 64.2 Å². The van der Waals surface area contributed by atoms with Crippen LogP contribution in [-0.2, 0) is 14.2 Å². The number of aliphatic hydroxyl groups is 6. The third-order valence-electron chi connectivity index (χ3n) is 7.09. The fourth-order valence-electron chi connectivity index (χ4n) is 4.71. The maximum absolute atomic E-state index is 12.7. The molecule has 2 aliphatic rings. The van der Waals surface area contributed by atoms with Gasteiger partial charge in [-0.25, -0.2) is 0 Å². The predicted octanol–water partition coefficient (Wildman–Crippen LogP) is -1.10. The molecule has 0 aliphatic carbocycles. The van der Waals surface area contributed by atoms with Gasteiger partial charge in [-0.3, -0.25) is 4.79 Å². The average Bonchev–Trinajstić information content (AvgIpc) is 2.94. The molecule has 222 valence electrons. The van der Waals surface area contributed by atoms with Crippen LogP contribution < -0.4 is 10.2 Å². The van der Waals surface area contributed by atoms with Crippen LogP contribution in [0.4, 0.5) is 0 Å². The highest BCUT2D eigenvalue weighted by molar-refractivity contribution is 5.86. The average molecular weight is 579 g/mol. The summed E-state index contributed by atoms with van der Waals surface area (Å²) in [6.07, 6.45) is -14.9. The molecule has 8 N–H and O–H groups in total. The number of benzene rings is 2. The molecule has 0 spiro atoms. The second-order valence-electron chi connectivity index (χ2n) is 9.98. The van der Waals surface area contributed by atoms with Crippen molar-refractivity contribution in [3.63, 3.8) is 0 Å². The highest BCUT2D eigenvalue weighted by Gasteiger charge is 2.47. The first-order valence-electron chi connectivity index (χ1n) is 12.7. The molecule has 5 rings (SSSR count). The highest BCUT2D eigenvalue weighted by Crippen LogP contribution is 2.34. The van der Waals surface area contributed by atoms with Crippen LogP contribution in [-0.4, -0.2) is 109 Å². The number of aliphatic hydroxyl groups excluding tert-OH is 6. The minimum atomic E-state index is -1.76. The number of aromatic hydroxyl groups is 2. The summed E-state index contributed by atoms with van der Waals surface area (Å²) in [5.74, 6) is -0.457. The molecule has 0 unspecified atom stereocenters. The van der Waals surface area contributed by atoms with E-state index < -0.39 is 79.2 Å². The molecule has 10 atom stereocenters. The van der Waals surface area contributed by atoms with E-state index in [4.69, 9.17) is 23.4 Å². The summed E-state index contributed by atoms with van der Waals surface area (Å²) in [7, 11) is 0. The molecular weight excluding hydrogens is 548 g/mol. The molecule has 14 heteroatoms. The van der Waals surface area contributed by atoms with Crippen molar-refractivity contribution in [1.29, 1.82) is 0 Å². The standard InChI is InChI=1S/C27H30O14/c1-10-20(31)22(33)24(35)26(38-10)37-9-18-21(32)23(34)25(36)27(41-18)39-13-6-14(29)19-15(30)8-16(40-17(19)7-13)11-2-4-12(28)5-3-11/h2-8,10,18,20-29,31-36H,9H2,1H3/t10-,18+,20-,21+,22+,23-,24+,25+,26+,27-/m1/s1. The first kappa shape index (κ1) is 29.2. The Morgan fingerprint density at radius 1 is 0.780 bits per heavy atom. The first-order chi connectivity index (χ1) is 19.4. The van der Waals surface area contributed by atoms with Gasteiger partial charge in [0.25, 0.3) is 0 Å². The largest absolute Gasteiger partial charge is 0.508 e. The molecule has 2 saturated heterocycles. The van der Waals surface area contributed by atoms with Crippen LogP contribution in [0.1, 0.15) is 6.92 Å². The molecule has 3 aromatic rings. The number of hydrogen-bond acceptors (Lipinski definition) is 14. The molecule has 2 fully saturated rings. The van der Waals surface area contributed by atoms with E-state index in [0.717, 1.165) is 6.07 Å². The van der Waals surface area contributed by atoms with Crippen molar-refractivity contribution in [2.45, 2.75) is 68.3 Å². The van der Waals surface area contributed by atoms with Gasteiger partial charge in [0.15, 0.2) is 11.7 Å². The van der Waals surface area contributed by atoms with Crippen molar-refractivity contribution >= 4 is 11.0 Å². The molecule has 2 aromatic carbocycles. The molecule has 2 aliphatic heterocycles. The molecule has 3 heterocycles. The lowest BCUT2D eigenvalue weighted by atomic mass is 9.98. The zero-order valence-corrected chi connectivity index (χ0v) is 21.5. The second kappa shape index (κ2) is 11.5. The normalized spacial score (nSPS) is 34.0. The van der Waals surface area contributed by atoms with Crippen LogP contribution in [0.2, 0.25) is 0 Å². The summed E-state index contributed by atoms with van der Waals surface area (Å²) in [5.41, 5.74) is -0.149. The SMILES string of the molecule is C[C@H]1O[C@H](OC[C@@H]2O[C@@H](Oc3cc(O)c4c(=O)cc(-c5ccc(O)cc5)oc4c3)[C@@H](O)[C@H](O)[C@H]2O)[C@@H](O)[C@@H](O)[C@@H]1O. The number of phenols is 2. The zero-order chi connectivity index (χ0) is 29.6. The Hall–Kier alpha value is -3.31. The topological polar surface area (TPSA) is 229 Å². The van der Waals surface area contributed by atoms with Crippen molar-refractivity contribution in [2.75, 3.05) is 6.61 Å². The Kier molecular flexibility index (Phi) is 8.20. The monoisotopic (exact) mass is 578 g/mol. The molecular formula is C27H30O14. The lowest BCUT2D eigenvalue weighted by Crippen LogP contribution is -2.61. The van der Waals surface area contributed by atoms with Crippen molar-refractivity contribution in [3.8, 4) is 28.6 Å². The van der Waals surface area contributed by atoms with Gasteiger partial charge in [0.1, 0.15) is 76.7 Å². The zero-order valence-electron chi connectivity index (χ0n) is 21.5. The number of rotatable bonds is 6. The lowest BCUT2D eigenvalue weighted by Gasteiger charge is -2.42. The van der Waals surface area contributed by atoms with E-state index in [1.54, 1.807) is 0 Å². The minimum absolute atomic E-state index is 0.0145. The molecule has 14 nitrogen and oxygen atoms in total. The molecule has 1 aromatic heterocycles.